The summed E-state index contributed by atoms with van der Waals surface area (Å²) in [5.74, 6) is -0.146. The largest absolute Gasteiger partial charge is 0.469 e. The third-order valence-electron chi connectivity index (χ3n) is 2.71. The first-order chi connectivity index (χ1) is 10.5. The Morgan fingerprint density at radius 2 is 1.25 bits per heavy atom. The van der Waals surface area contributed by atoms with Gasteiger partial charge in [0.2, 0.25) is 0 Å². The van der Waals surface area contributed by atoms with E-state index in [1.165, 1.54) is 6.08 Å². The predicted octanol–water partition coefficient (Wildman–Crippen LogP) is 3.95. The van der Waals surface area contributed by atoms with E-state index < -0.39 is 39.8 Å². The quantitative estimate of drug-likeness (QED) is 0.415. The van der Waals surface area contributed by atoms with Gasteiger partial charge in [0.15, 0.2) is 30.7 Å². The average Bonchev–Trinajstić information content (AvgIpc) is 2.28. The van der Waals surface area contributed by atoms with Crippen molar-refractivity contribution in [2.24, 2.45) is 5.73 Å². The third kappa shape index (κ3) is 10.9. The number of ketones is 1. The molecule has 5 nitrogen and oxygen atoms in total. The fraction of sp³-hybridized carbons (Fsp3) is 0.800. The second kappa shape index (κ2) is 8.67. The molecule has 0 aromatic rings. The van der Waals surface area contributed by atoms with Crippen molar-refractivity contribution in [2.75, 3.05) is 0 Å². The van der Waals surface area contributed by atoms with Crippen LogP contribution in [0.4, 0.5) is 0 Å². The summed E-state index contributed by atoms with van der Waals surface area (Å²) in [7, 11) is -8.57. The molecule has 0 aromatic carbocycles. The van der Waals surface area contributed by atoms with Crippen molar-refractivity contribution in [2.45, 2.75) is 77.4 Å². The third-order valence-corrected chi connectivity index (χ3v) is 14.7. The summed E-state index contributed by atoms with van der Waals surface area (Å²) in [4.78, 5) is 11.8. The standard InChI is InChI=1S/C15H37NO4Si4/c1-11-15(17)14(16)12-13-24(18-21(2,3)4,19-22(5,6)7)20-23(8,9)10/h11,14H,1,12-13,16H2,2-10H3. The smallest absolute Gasteiger partial charge is 0.417 e. The van der Waals surface area contributed by atoms with E-state index in [1.807, 2.05) is 0 Å². The SMILES string of the molecule is C=CC(=O)C(N)CC[Si](O[Si](C)(C)C)(O[Si](C)(C)C)O[Si](C)(C)C. The van der Waals surface area contributed by atoms with Crippen LogP contribution in [0.1, 0.15) is 6.42 Å². The molecular formula is C15H37NO4Si4. The molecule has 2 N–H and O–H groups in total. The Labute approximate surface area is 152 Å². The maximum atomic E-state index is 11.8. The van der Waals surface area contributed by atoms with Gasteiger partial charge in [-0.1, -0.05) is 6.58 Å². The Hall–Kier alpha value is 0.118. The van der Waals surface area contributed by atoms with Gasteiger partial charge >= 0.3 is 8.80 Å². The van der Waals surface area contributed by atoms with Crippen molar-refractivity contribution < 1.29 is 17.1 Å². The minimum Gasteiger partial charge on any atom is -0.417 e. The Balaban J connectivity index is 5.61. The minimum absolute atomic E-state index is 0.146. The molecule has 0 bridgehead atoms. The van der Waals surface area contributed by atoms with Gasteiger partial charge in [-0.2, -0.15) is 0 Å². The Morgan fingerprint density at radius 3 is 1.50 bits per heavy atom. The minimum atomic E-state index is -2.90. The summed E-state index contributed by atoms with van der Waals surface area (Å²) >= 11 is 0. The van der Waals surface area contributed by atoms with Crippen LogP contribution in [0.5, 0.6) is 0 Å². The molecule has 0 aromatic heterocycles. The van der Waals surface area contributed by atoms with E-state index in [1.54, 1.807) is 0 Å². The van der Waals surface area contributed by atoms with Crippen LogP contribution in [0.3, 0.4) is 0 Å². The molecule has 0 spiro atoms. The molecule has 9 heteroatoms. The Morgan fingerprint density at radius 1 is 0.917 bits per heavy atom. The molecular weight excluding hydrogens is 371 g/mol. The van der Waals surface area contributed by atoms with Crippen LogP contribution in [-0.4, -0.2) is 45.6 Å². The predicted molar refractivity (Wildman–Crippen MR) is 112 cm³/mol. The number of hydrogen-bond acceptors (Lipinski definition) is 5. The fourth-order valence-corrected chi connectivity index (χ4v) is 17.0. The highest BCUT2D eigenvalue weighted by Crippen LogP contribution is 2.30. The topological polar surface area (TPSA) is 70.8 Å². The van der Waals surface area contributed by atoms with E-state index in [4.69, 9.17) is 18.1 Å². The fourth-order valence-electron chi connectivity index (χ4n) is 2.24. The lowest BCUT2D eigenvalue weighted by Crippen LogP contribution is -2.60. The number of nitrogens with two attached hydrogens (primary N) is 1. The average molecular weight is 408 g/mol. The Kier molecular flexibility index (Phi) is 8.71. The number of rotatable bonds is 11. The van der Waals surface area contributed by atoms with Crippen molar-refractivity contribution in [1.29, 1.82) is 0 Å². The van der Waals surface area contributed by atoms with Crippen LogP contribution in [0.2, 0.25) is 65.0 Å². The van der Waals surface area contributed by atoms with Crippen LogP contribution < -0.4 is 5.73 Å². The lowest BCUT2D eigenvalue weighted by atomic mass is 10.1. The highest BCUT2D eigenvalue weighted by Gasteiger charge is 2.49. The van der Waals surface area contributed by atoms with E-state index in [-0.39, 0.29) is 5.78 Å². The van der Waals surface area contributed by atoms with Crippen molar-refractivity contribution in [3.63, 3.8) is 0 Å². The molecule has 0 fully saturated rings. The molecule has 0 amide bonds. The normalized spacial score (nSPS) is 15.2. The van der Waals surface area contributed by atoms with Gasteiger partial charge in [0, 0.05) is 6.04 Å². The van der Waals surface area contributed by atoms with Crippen LogP contribution in [0, 0.1) is 0 Å². The molecule has 0 aliphatic carbocycles. The zero-order valence-electron chi connectivity index (χ0n) is 17.0. The molecule has 0 aliphatic heterocycles. The first-order valence-corrected chi connectivity index (χ1v) is 20.7. The van der Waals surface area contributed by atoms with Crippen LogP contribution in [0.25, 0.3) is 0 Å². The van der Waals surface area contributed by atoms with E-state index in [9.17, 15) is 4.79 Å². The number of hydrogen-bond donors (Lipinski definition) is 1. The summed E-state index contributed by atoms with van der Waals surface area (Å²) in [5.41, 5.74) is 5.99. The van der Waals surface area contributed by atoms with Crippen molar-refractivity contribution in [3.05, 3.63) is 12.7 Å². The summed E-state index contributed by atoms with van der Waals surface area (Å²) in [6.45, 7) is 22.8. The summed E-state index contributed by atoms with van der Waals surface area (Å²) in [5, 5.41) is 0. The van der Waals surface area contributed by atoms with Crippen molar-refractivity contribution >= 4 is 39.5 Å². The molecule has 0 saturated carbocycles. The monoisotopic (exact) mass is 407 g/mol. The molecule has 0 heterocycles. The van der Waals surface area contributed by atoms with E-state index in [2.05, 4.69) is 65.5 Å². The van der Waals surface area contributed by atoms with Gasteiger partial charge in [-0.05, 0) is 71.4 Å². The van der Waals surface area contributed by atoms with Gasteiger partial charge < -0.3 is 18.1 Å². The van der Waals surface area contributed by atoms with E-state index in [0.717, 1.165) is 0 Å². The molecule has 0 radical (unpaired) electrons. The van der Waals surface area contributed by atoms with Gasteiger partial charge in [-0.15, -0.1) is 0 Å². The molecule has 24 heavy (non-hydrogen) atoms. The zero-order chi connectivity index (χ0) is 19.4. The van der Waals surface area contributed by atoms with Crippen LogP contribution in [-0.2, 0) is 17.1 Å². The summed E-state index contributed by atoms with van der Waals surface area (Å²) in [6, 6.07) is 0.00195. The molecule has 1 unspecified atom stereocenters. The Bertz CT molecular complexity index is 397. The second-order valence-electron chi connectivity index (χ2n) is 9.08. The molecule has 1 atom stereocenters. The molecule has 0 saturated heterocycles. The highest BCUT2D eigenvalue weighted by molar-refractivity contribution is 6.90. The number of carbonyl (C=O) groups is 1. The van der Waals surface area contributed by atoms with Gasteiger partial charge in [0.1, 0.15) is 0 Å². The summed E-state index contributed by atoms with van der Waals surface area (Å²) in [6.07, 6.45) is 1.78. The van der Waals surface area contributed by atoms with Gasteiger partial charge in [-0.3, -0.25) is 4.79 Å². The highest BCUT2D eigenvalue weighted by atomic mass is 28.5. The zero-order valence-corrected chi connectivity index (χ0v) is 21.0. The summed E-state index contributed by atoms with van der Waals surface area (Å²) < 4.78 is 19.7. The maximum Gasteiger partial charge on any atom is 0.469 e. The first-order valence-electron chi connectivity index (χ1n) is 8.51. The van der Waals surface area contributed by atoms with E-state index >= 15 is 0 Å². The maximum absolute atomic E-state index is 11.8. The first kappa shape index (κ1) is 24.1. The van der Waals surface area contributed by atoms with E-state index in [0.29, 0.717) is 12.5 Å². The lowest BCUT2D eigenvalue weighted by molar-refractivity contribution is -0.115. The molecule has 0 aliphatic rings. The molecule has 0 rings (SSSR count). The number of carbonyl (C=O) groups excluding carboxylic acids is 1. The van der Waals surface area contributed by atoms with Crippen LogP contribution in [0.15, 0.2) is 12.7 Å². The van der Waals surface area contributed by atoms with Crippen LogP contribution >= 0.6 is 0 Å². The van der Waals surface area contributed by atoms with Gasteiger partial charge in [0.25, 0.3) is 0 Å². The van der Waals surface area contributed by atoms with Gasteiger partial charge in [0.05, 0.1) is 6.04 Å². The second-order valence-corrected chi connectivity index (χ2v) is 26.1. The van der Waals surface area contributed by atoms with Crippen molar-refractivity contribution in [3.8, 4) is 0 Å². The lowest BCUT2D eigenvalue weighted by Gasteiger charge is -2.43. The molecule has 142 valence electrons. The van der Waals surface area contributed by atoms with Gasteiger partial charge in [-0.25, -0.2) is 0 Å². The van der Waals surface area contributed by atoms with Crippen molar-refractivity contribution in [1.82, 2.24) is 0 Å².